The predicted octanol–water partition coefficient (Wildman–Crippen LogP) is 3.64. The van der Waals surface area contributed by atoms with Crippen LogP contribution in [0.15, 0.2) is 72.2 Å². The van der Waals surface area contributed by atoms with Crippen molar-refractivity contribution in [1.82, 2.24) is 10.6 Å². The quantitative estimate of drug-likeness (QED) is 0.417. The number of ether oxygens (including phenoxy) is 1. The van der Waals surface area contributed by atoms with Gasteiger partial charge in [0.1, 0.15) is 0 Å². The molecule has 0 saturated carbocycles. The van der Waals surface area contributed by atoms with Crippen LogP contribution in [-0.4, -0.2) is 19.0 Å². The second-order valence-corrected chi connectivity index (χ2v) is 5.66. The van der Waals surface area contributed by atoms with Gasteiger partial charge in [0.25, 0.3) is 0 Å². The van der Waals surface area contributed by atoms with Crippen molar-refractivity contribution in [2.75, 3.05) is 13.1 Å². The van der Waals surface area contributed by atoms with Crippen molar-refractivity contribution in [3.8, 4) is 0 Å². The van der Waals surface area contributed by atoms with Gasteiger partial charge in [-0.15, -0.1) is 6.58 Å². The summed E-state index contributed by atoms with van der Waals surface area (Å²) in [5, 5.41) is 6.41. The molecule has 4 heteroatoms. The van der Waals surface area contributed by atoms with Crippen molar-refractivity contribution in [3.63, 3.8) is 0 Å². The molecule has 0 heterocycles. The molecule has 2 N–H and O–H groups in total. The van der Waals surface area contributed by atoms with Crippen LogP contribution in [0.2, 0.25) is 0 Å². The van der Waals surface area contributed by atoms with Gasteiger partial charge in [-0.3, -0.25) is 0 Å². The summed E-state index contributed by atoms with van der Waals surface area (Å²) in [7, 11) is 0. The third kappa shape index (κ3) is 7.23. The number of rotatable bonds is 9. The van der Waals surface area contributed by atoms with Crippen molar-refractivity contribution in [2.45, 2.75) is 26.7 Å². The molecule has 0 radical (unpaired) electrons. The Morgan fingerprint density at radius 2 is 1.60 bits per heavy atom. The second kappa shape index (κ2) is 11.0. The summed E-state index contributed by atoms with van der Waals surface area (Å²) >= 11 is 0. The Hall–Kier alpha value is -2.59. The summed E-state index contributed by atoms with van der Waals surface area (Å²) in [5.41, 5.74) is 3.53. The van der Waals surface area contributed by atoms with Crippen molar-refractivity contribution >= 4 is 5.96 Å². The van der Waals surface area contributed by atoms with Gasteiger partial charge >= 0.3 is 0 Å². The molecule has 0 unspecified atom stereocenters. The molecule has 2 rings (SSSR count). The monoisotopic (exact) mass is 337 g/mol. The molecule has 0 atom stereocenters. The Morgan fingerprint density at radius 3 is 2.24 bits per heavy atom. The number of benzene rings is 2. The molecule has 2 aromatic rings. The summed E-state index contributed by atoms with van der Waals surface area (Å²) in [6.45, 7) is 9.17. The van der Waals surface area contributed by atoms with Gasteiger partial charge in [-0.25, -0.2) is 4.99 Å². The highest BCUT2D eigenvalue weighted by molar-refractivity contribution is 5.79. The highest BCUT2D eigenvalue weighted by atomic mass is 16.5. The SMILES string of the molecule is C=CCNC(=NCc1ccc(COCc2ccccc2)cc1)NCC. The molecular formula is C21H27N3O. The van der Waals surface area contributed by atoms with E-state index in [9.17, 15) is 0 Å². The Labute approximate surface area is 150 Å². The van der Waals surface area contributed by atoms with Gasteiger partial charge in [0.05, 0.1) is 19.8 Å². The fourth-order valence-electron chi connectivity index (χ4n) is 2.28. The molecule has 0 bridgehead atoms. The molecular weight excluding hydrogens is 310 g/mol. The molecule has 0 aromatic heterocycles. The average Bonchev–Trinajstić information content (AvgIpc) is 2.66. The minimum Gasteiger partial charge on any atom is -0.372 e. The maximum absolute atomic E-state index is 5.76. The topological polar surface area (TPSA) is 45.7 Å². The van der Waals surface area contributed by atoms with Crippen LogP contribution >= 0.6 is 0 Å². The fraction of sp³-hybridized carbons (Fsp3) is 0.286. The summed E-state index contributed by atoms with van der Waals surface area (Å²) in [6.07, 6.45) is 1.82. The Bertz CT molecular complexity index is 651. The van der Waals surface area contributed by atoms with Gasteiger partial charge in [0, 0.05) is 13.1 Å². The molecule has 0 aliphatic heterocycles. The normalized spacial score (nSPS) is 11.2. The van der Waals surface area contributed by atoms with Gasteiger partial charge in [-0.2, -0.15) is 0 Å². The molecule has 0 aliphatic rings. The fourth-order valence-corrected chi connectivity index (χ4v) is 2.28. The predicted molar refractivity (Wildman–Crippen MR) is 104 cm³/mol. The number of hydrogen-bond acceptors (Lipinski definition) is 2. The number of nitrogens with zero attached hydrogens (tertiary/aromatic N) is 1. The molecule has 25 heavy (non-hydrogen) atoms. The van der Waals surface area contributed by atoms with Crippen LogP contribution in [0.3, 0.4) is 0 Å². The van der Waals surface area contributed by atoms with Gasteiger partial charge in [-0.05, 0) is 23.6 Å². The third-order valence-electron chi connectivity index (χ3n) is 3.58. The zero-order valence-corrected chi connectivity index (χ0v) is 14.9. The minimum atomic E-state index is 0.613. The highest BCUT2D eigenvalue weighted by Gasteiger charge is 1.98. The Balaban J connectivity index is 1.81. The van der Waals surface area contributed by atoms with Crippen LogP contribution < -0.4 is 10.6 Å². The van der Waals surface area contributed by atoms with Crippen LogP contribution in [0.5, 0.6) is 0 Å². The van der Waals surface area contributed by atoms with Gasteiger partial charge in [0.2, 0.25) is 0 Å². The second-order valence-electron chi connectivity index (χ2n) is 5.66. The summed E-state index contributed by atoms with van der Waals surface area (Å²) in [6, 6.07) is 18.6. The van der Waals surface area contributed by atoms with E-state index in [2.05, 4.69) is 65.5 Å². The standard InChI is InChI=1S/C21H27N3O/c1-3-14-23-21(22-4-2)24-15-18-10-12-20(13-11-18)17-25-16-19-8-6-5-7-9-19/h3,5-13H,1,4,14-17H2,2H3,(H2,22,23,24). The van der Waals surface area contributed by atoms with Crippen LogP contribution in [0, 0.1) is 0 Å². The third-order valence-corrected chi connectivity index (χ3v) is 3.58. The van der Waals surface area contributed by atoms with Crippen LogP contribution in [0.4, 0.5) is 0 Å². The summed E-state index contributed by atoms with van der Waals surface area (Å²) in [5.74, 6) is 0.803. The summed E-state index contributed by atoms with van der Waals surface area (Å²) < 4.78 is 5.76. The number of aliphatic imine (C=N–C) groups is 1. The Morgan fingerprint density at radius 1 is 0.960 bits per heavy atom. The lowest BCUT2D eigenvalue weighted by Crippen LogP contribution is -2.37. The molecule has 0 aliphatic carbocycles. The lowest BCUT2D eigenvalue weighted by molar-refractivity contribution is 0.107. The zero-order chi connectivity index (χ0) is 17.7. The van der Waals surface area contributed by atoms with E-state index in [0.717, 1.165) is 12.5 Å². The van der Waals surface area contributed by atoms with E-state index < -0.39 is 0 Å². The molecule has 132 valence electrons. The largest absolute Gasteiger partial charge is 0.372 e. The number of guanidine groups is 1. The van der Waals surface area contributed by atoms with Gasteiger partial charge in [-0.1, -0.05) is 60.7 Å². The smallest absolute Gasteiger partial charge is 0.191 e. The molecule has 0 fully saturated rings. The van der Waals surface area contributed by atoms with E-state index in [1.54, 1.807) is 0 Å². The van der Waals surface area contributed by atoms with Crippen molar-refractivity contribution in [3.05, 3.63) is 83.9 Å². The van der Waals surface area contributed by atoms with Gasteiger partial charge < -0.3 is 15.4 Å². The van der Waals surface area contributed by atoms with Crippen molar-refractivity contribution < 1.29 is 4.74 Å². The van der Waals surface area contributed by atoms with Crippen LogP contribution in [-0.2, 0) is 24.5 Å². The highest BCUT2D eigenvalue weighted by Crippen LogP contribution is 2.09. The number of nitrogens with one attached hydrogen (secondary N) is 2. The van der Waals surface area contributed by atoms with Gasteiger partial charge in [0.15, 0.2) is 5.96 Å². The summed E-state index contributed by atoms with van der Waals surface area (Å²) in [4.78, 5) is 4.57. The van der Waals surface area contributed by atoms with E-state index in [1.165, 1.54) is 16.7 Å². The van der Waals surface area contributed by atoms with E-state index in [-0.39, 0.29) is 0 Å². The van der Waals surface area contributed by atoms with Crippen LogP contribution in [0.1, 0.15) is 23.6 Å². The first-order chi connectivity index (χ1) is 12.3. The van der Waals surface area contributed by atoms with Crippen molar-refractivity contribution in [1.29, 1.82) is 0 Å². The minimum absolute atomic E-state index is 0.613. The first-order valence-corrected chi connectivity index (χ1v) is 8.64. The first kappa shape index (κ1) is 18.7. The lowest BCUT2D eigenvalue weighted by atomic mass is 10.1. The average molecular weight is 337 g/mol. The first-order valence-electron chi connectivity index (χ1n) is 8.64. The lowest BCUT2D eigenvalue weighted by Gasteiger charge is -2.09. The van der Waals surface area contributed by atoms with E-state index in [4.69, 9.17) is 4.74 Å². The molecule has 2 aromatic carbocycles. The van der Waals surface area contributed by atoms with Crippen molar-refractivity contribution in [2.24, 2.45) is 4.99 Å². The van der Waals surface area contributed by atoms with E-state index in [0.29, 0.717) is 26.3 Å². The maximum atomic E-state index is 5.76. The van der Waals surface area contributed by atoms with Crippen LogP contribution in [0.25, 0.3) is 0 Å². The molecule has 0 spiro atoms. The molecule has 0 saturated heterocycles. The Kier molecular flexibility index (Phi) is 8.29. The maximum Gasteiger partial charge on any atom is 0.191 e. The molecule has 0 amide bonds. The zero-order valence-electron chi connectivity index (χ0n) is 14.9. The number of hydrogen-bond donors (Lipinski definition) is 2. The van der Waals surface area contributed by atoms with E-state index in [1.807, 2.05) is 24.3 Å². The van der Waals surface area contributed by atoms with E-state index >= 15 is 0 Å². The molecule has 4 nitrogen and oxygen atoms in total.